The van der Waals surface area contributed by atoms with Gasteiger partial charge in [-0.2, -0.15) is 0 Å². The van der Waals surface area contributed by atoms with Crippen LogP contribution < -0.4 is 0 Å². The molecule has 0 bridgehead atoms. The molecule has 0 saturated heterocycles. The first kappa shape index (κ1) is 22.7. The lowest BCUT2D eigenvalue weighted by atomic mass is 10.1. The summed E-state index contributed by atoms with van der Waals surface area (Å²) in [6.45, 7) is 3.70. The van der Waals surface area contributed by atoms with Crippen LogP contribution in [-0.2, 0) is 16.5 Å². The Morgan fingerprint density at radius 1 is 0.871 bits per heavy atom. The van der Waals surface area contributed by atoms with Crippen LogP contribution in [0.25, 0.3) is 21.8 Å². The maximum atomic E-state index is 11.7. The highest BCUT2D eigenvalue weighted by Crippen LogP contribution is 2.31. The molecule has 162 valence electrons. The lowest BCUT2D eigenvalue weighted by Gasteiger charge is -2.00. The van der Waals surface area contributed by atoms with Gasteiger partial charge in [-0.05, 0) is 38.1 Å². The van der Waals surface area contributed by atoms with Gasteiger partial charge in [0.2, 0.25) is 0 Å². The zero-order valence-electron chi connectivity index (χ0n) is 17.8. The first-order valence-electron chi connectivity index (χ1n) is 9.39. The topological polar surface area (TPSA) is 73.3 Å². The molecule has 4 aromatic rings. The van der Waals surface area contributed by atoms with Gasteiger partial charge in [-0.25, -0.2) is 9.59 Å². The molecule has 0 aliphatic rings. The maximum Gasteiger partial charge on any atom is 0.340 e. The first-order chi connectivity index (χ1) is 14.7. The van der Waals surface area contributed by atoms with Gasteiger partial charge >= 0.3 is 11.9 Å². The van der Waals surface area contributed by atoms with E-state index in [1.807, 2.05) is 49.7 Å². The largest absolute Gasteiger partial charge is 0.465 e. The van der Waals surface area contributed by atoms with Crippen molar-refractivity contribution in [2.24, 2.45) is 7.05 Å². The number of halogens is 2. The summed E-state index contributed by atoms with van der Waals surface area (Å²) in [6.07, 6.45) is 0. The van der Waals surface area contributed by atoms with Crippen LogP contribution in [0.15, 0.2) is 36.4 Å². The molecule has 0 atom stereocenters. The van der Waals surface area contributed by atoms with Gasteiger partial charge in [0.1, 0.15) is 0 Å². The van der Waals surface area contributed by atoms with E-state index in [0.717, 1.165) is 33.2 Å². The quantitative estimate of drug-likeness (QED) is 0.381. The number of nitrogens with one attached hydrogen (secondary N) is 1. The highest BCUT2D eigenvalue weighted by molar-refractivity contribution is 6.37. The third-order valence-electron chi connectivity index (χ3n) is 5.21. The Labute approximate surface area is 189 Å². The van der Waals surface area contributed by atoms with Crippen molar-refractivity contribution in [2.75, 3.05) is 14.2 Å². The molecular formula is C23H22Cl2N2O4. The van der Waals surface area contributed by atoms with Gasteiger partial charge in [0.15, 0.2) is 0 Å². The predicted molar refractivity (Wildman–Crippen MR) is 123 cm³/mol. The number of carbonyl (C=O) groups is 2. The Bertz CT molecular complexity index is 1300. The number of hydrogen-bond acceptors (Lipinski definition) is 4. The summed E-state index contributed by atoms with van der Waals surface area (Å²) in [5.74, 6) is -0.719. The van der Waals surface area contributed by atoms with Crippen molar-refractivity contribution in [3.63, 3.8) is 0 Å². The second kappa shape index (κ2) is 9.04. The smallest absolute Gasteiger partial charge is 0.340 e. The summed E-state index contributed by atoms with van der Waals surface area (Å²) in [5, 5.41) is 2.61. The van der Waals surface area contributed by atoms with Crippen molar-refractivity contribution in [1.82, 2.24) is 9.55 Å². The molecule has 0 unspecified atom stereocenters. The molecule has 31 heavy (non-hydrogen) atoms. The van der Waals surface area contributed by atoms with Gasteiger partial charge < -0.3 is 19.0 Å². The second-order valence-electron chi connectivity index (χ2n) is 6.92. The molecule has 0 amide bonds. The lowest BCUT2D eigenvalue weighted by molar-refractivity contribution is 0.0593. The van der Waals surface area contributed by atoms with Crippen molar-refractivity contribution >= 4 is 56.9 Å². The Hall–Kier alpha value is -2.96. The number of aryl methyl sites for hydroxylation is 2. The normalized spacial score (nSPS) is 10.7. The third-order valence-corrected chi connectivity index (χ3v) is 5.84. The number of aromatic nitrogens is 2. The summed E-state index contributed by atoms with van der Waals surface area (Å²) in [6, 6.07) is 11.0. The van der Waals surface area contributed by atoms with E-state index in [4.69, 9.17) is 32.7 Å². The number of ether oxygens (including phenoxy) is 2. The molecule has 4 rings (SSSR count). The zero-order valence-corrected chi connectivity index (χ0v) is 19.3. The third kappa shape index (κ3) is 4.01. The molecule has 8 heteroatoms. The number of aromatic amines is 1. The predicted octanol–water partition coefficient (Wildman–Crippen LogP) is 5.84. The standard InChI is InChI=1S/C12H12ClNO2.C11H10ClNO2/c1-7-10(12(15)16-3)11-8(13)5-4-6-9(11)14(7)2;1-6-9(11(14)15-2)10-7(12)4-3-5-8(10)13-6/h4-6H,1-3H3;3-5,13H,1-2H3. The summed E-state index contributed by atoms with van der Waals surface area (Å²) in [7, 11) is 4.63. The molecule has 0 spiro atoms. The van der Waals surface area contributed by atoms with Gasteiger partial charge in [0.25, 0.3) is 0 Å². The maximum absolute atomic E-state index is 11.7. The van der Waals surface area contributed by atoms with Gasteiger partial charge in [-0.3, -0.25) is 0 Å². The van der Waals surface area contributed by atoms with E-state index in [0.29, 0.717) is 21.2 Å². The number of benzene rings is 2. The molecule has 0 fully saturated rings. The number of fused-ring (bicyclic) bond motifs is 2. The molecular weight excluding hydrogens is 439 g/mol. The van der Waals surface area contributed by atoms with Gasteiger partial charge in [-0.1, -0.05) is 35.3 Å². The molecule has 2 heterocycles. The van der Waals surface area contributed by atoms with Crippen LogP contribution in [0.3, 0.4) is 0 Å². The molecule has 2 aromatic heterocycles. The minimum absolute atomic E-state index is 0.351. The van der Waals surface area contributed by atoms with Crippen molar-refractivity contribution < 1.29 is 19.1 Å². The van der Waals surface area contributed by atoms with Crippen LogP contribution in [0.2, 0.25) is 10.0 Å². The first-order valence-corrected chi connectivity index (χ1v) is 10.1. The molecule has 1 N–H and O–H groups in total. The Balaban J connectivity index is 0.000000176. The monoisotopic (exact) mass is 460 g/mol. The van der Waals surface area contributed by atoms with E-state index in [2.05, 4.69) is 4.98 Å². The van der Waals surface area contributed by atoms with Crippen LogP contribution >= 0.6 is 23.2 Å². The molecule has 6 nitrogen and oxygen atoms in total. The van der Waals surface area contributed by atoms with Crippen molar-refractivity contribution in [3.8, 4) is 0 Å². The van der Waals surface area contributed by atoms with Crippen LogP contribution in [0, 0.1) is 13.8 Å². The molecule has 0 radical (unpaired) electrons. The molecule has 0 aliphatic heterocycles. The molecule has 0 saturated carbocycles. The minimum Gasteiger partial charge on any atom is -0.465 e. The number of hydrogen-bond donors (Lipinski definition) is 1. The van der Waals surface area contributed by atoms with E-state index >= 15 is 0 Å². The van der Waals surface area contributed by atoms with Crippen LogP contribution in [0.4, 0.5) is 0 Å². The van der Waals surface area contributed by atoms with E-state index in [-0.39, 0.29) is 11.9 Å². The zero-order chi connectivity index (χ0) is 22.9. The van der Waals surface area contributed by atoms with Crippen LogP contribution in [0.5, 0.6) is 0 Å². The highest BCUT2D eigenvalue weighted by atomic mass is 35.5. The lowest BCUT2D eigenvalue weighted by Crippen LogP contribution is -2.03. The molecule has 0 aliphatic carbocycles. The summed E-state index contributed by atoms with van der Waals surface area (Å²) < 4.78 is 11.4. The Kier molecular flexibility index (Phi) is 6.62. The van der Waals surface area contributed by atoms with Gasteiger partial charge in [0.05, 0.1) is 40.9 Å². The van der Waals surface area contributed by atoms with Crippen LogP contribution in [0.1, 0.15) is 32.1 Å². The number of nitrogens with zero attached hydrogens (tertiary/aromatic N) is 1. The fourth-order valence-corrected chi connectivity index (χ4v) is 4.15. The fraction of sp³-hybridized carbons (Fsp3) is 0.217. The van der Waals surface area contributed by atoms with Crippen LogP contribution in [-0.4, -0.2) is 35.7 Å². The summed E-state index contributed by atoms with van der Waals surface area (Å²) in [4.78, 5) is 26.4. The number of carbonyl (C=O) groups excluding carboxylic acids is 2. The van der Waals surface area contributed by atoms with E-state index in [1.165, 1.54) is 14.2 Å². The number of H-pyrrole nitrogens is 1. The van der Waals surface area contributed by atoms with Crippen molar-refractivity contribution in [1.29, 1.82) is 0 Å². The summed E-state index contributed by atoms with van der Waals surface area (Å²) in [5.41, 5.74) is 4.47. The SMILES string of the molecule is COC(=O)c1c(C)[nH]c2cccc(Cl)c12.COC(=O)c1c(C)n(C)c2cccc(Cl)c12. The fourth-order valence-electron chi connectivity index (χ4n) is 3.61. The van der Waals surface area contributed by atoms with Gasteiger partial charge in [0, 0.05) is 34.7 Å². The molecule has 2 aromatic carbocycles. The number of rotatable bonds is 2. The average Bonchev–Trinajstić information content (AvgIpc) is 3.23. The summed E-state index contributed by atoms with van der Waals surface area (Å²) >= 11 is 12.2. The minimum atomic E-state index is -0.369. The number of esters is 2. The number of methoxy groups -OCH3 is 2. The Morgan fingerprint density at radius 3 is 2.03 bits per heavy atom. The van der Waals surface area contributed by atoms with Crippen molar-refractivity contribution in [2.45, 2.75) is 13.8 Å². The van der Waals surface area contributed by atoms with E-state index in [9.17, 15) is 9.59 Å². The second-order valence-corrected chi connectivity index (χ2v) is 7.74. The highest BCUT2D eigenvalue weighted by Gasteiger charge is 2.21. The van der Waals surface area contributed by atoms with Gasteiger partial charge in [-0.15, -0.1) is 0 Å². The Morgan fingerprint density at radius 2 is 1.42 bits per heavy atom. The average molecular weight is 461 g/mol. The van der Waals surface area contributed by atoms with Crippen molar-refractivity contribution in [3.05, 3.63) is 69.0 Å². The van der Waals surface area contributed by atoms with E-state index < -0.39 is 0 Å². The van der Waals surface area contributed by atoms with E-state index in [1.54, 1.807) is 12.1 Å².